The van der Waals surface area contributed by atoms with Crippen molar-refractivity contribution in [1.29, 1.82) is 0 Å². The van der Waals surface area contributed by atoms with Crippen LogP contribution >= 0.6 is 0 Å². The lowest BCUT2D eigenvalue weighted by Crippen LogP contribution is -2.44. The molecule has 9 heteroatoms. The van der Waals surface area contributed by atoms with Crippen LogP contribution in [0.3, 0.4) is 0 Å². The quantitative estimate of drug-likeness (QED) is 0.0918. The molecule has 0 saturated heterocycles. The molecule has 0 aliphatic heterocycles. The highest BCUT2D eigenvalue weighted by Crippen LogP contribution is 1.95. The van der Waals surface area contributed by atoms with Crippen LogP contribution in [0.1, 0.15) is 12.8 Å². The molecule has 98 valence electrons. The first-order chi connectivity index (χ1) is 7.97. The van der Waals surface area contributed by atoms with E-state index in [2.05, 4.69) is 10.3 Å². The summed E-state index contributed by atoms with van der Waals surface area (Å²) >= 11 is 0. The van der Waals surface area contributed by atoms with Crippen molar-refractivity contribution in [2.75, 3.05) is 13.1 Å². The molecule has 0 aliphatic rings. The molecule has 0 bridgehead atoms. The van der Waals surface area contributed by atoms with Crippen molar-refractivity contribution >= 4 is 17.8 Å². The average Bonchev–Trinajstić information content (AvgIpc) is 2.30. The Morgan fingerprint density at radius 2 is 2.00 bits per heavy atom. The first kappa shape index (κ1) is 15.1. The fourth-order valence-electron chi connectivity index (χ4n) is 0.988. The topological polar surface area (TPSA) is 169 Å². The molecule has 0 aromatic carbocycles. The second kappa shape index (κ2) is 8.30. The van der Waals surface area contributed by atoms with E-state index in [-0.39, 0.29) is 12.5 Å². The maximum atomic E-state index is 11.3. The zero-order valence-corrected chi connectivity index (χ0v) is 9.35. The number of hydroxylamine groups is 1. The minimum absolute atomic E-state index is 0.0114. The van der Waals surface area contributed by atoms with Gasteiger partial charge in [0.15, 0.2) is 5.96 Å². The highest BCUT2D eigenvalue weighted by molar-refractivity contribution is 5.86. The van der Waals surface area contributed by atoms with Crippen molar-refractivity contribution in [3.05, 3.63) is 0 Å². The fourth-order valence-corrected chi connectivity index (χ4v) is 0.988. The predicted molar refractivity (Wildman–Crippen MR) is 60.8 cm³/mol. The normalized spacial score (nSPS) is 11.4. The van der Waals surface area contributed by atoms with E-state index in [1.54, 1.807) is 0 Å². The monoisotopic (exact) mass is 246 g/mol. The van der Waals surface area contributed by atoms with E-state index >= 15 is 0 Å². The van der Waals surface area contributed by atoms with Crippen LogP contribution in [0.5, 0.6) is 0 Å². The Morgan fingerprint density at radius 1 is 1.35 bits per heavy atom. The van der Waals surface area contributed by atoms with Crippen LogP contribution < -0.4 is 28.0 Å². The van der Waals surface area contributed by atoms with Crippen LogP contribution in [0.4, 0.5) is 0 Å². The molecule has 9 nitrogen and oxygen atoms in total. The van der Waals surface area contributed by atoms with Gasteiger partial charge in [0.25, 0.3) is 5.91 Å². The van der Waals surface area contributed by atoms with E-state index in [4.69, 9.17) is 22.4 Å². The number of aliphatic imine (C=N–C) groups is 1. The Labute approximate surface area is 98.4 Å². The van der Waals surface area contributed by atoms with Gasteiger partial charge in [-0.1, -0.05) is 0 Å². The van der Waals surface area contributed by atoms with Gasteiger partial charge in [0.05, 0.1) is 12.6 Å². The molecule has 0 rings (SSSR count). The molecule has 17 heavy (non-hydrogen) atoms. The summed E-state index contributed by atoms with van der Waals surface area (Å²) in [6, 6.07) is -0.740. The molecule has 2 amide bonds. The smallest absolute Gasteiger partial charge is 0.262 e. The molecule has 0 heterocycles. The van der Waals surface area contributed by atoms with Gasteiger partial charge in [-0.05, 0) is 12.8 Å². The van der Waals surface area contributed by atoms with Crippen molar-refractivity contribution in [2.45, 2.75) is 18.9 Å². The average molecular weight is 246 g/mol. The van der Waals surface area contributed by atoms with Crippen LogP contribution in [0, 0.1) is 0 Å². The lowest BCUT2D eigenvalue weighted by Gasteiger charge is -2.10. The number of nitrogens with two attached hydrogens (primary N) is 3. The SMILES string of the molecule is NC(N)=NCCC[C@H](N)C(=O)NCC(=O)NO. The van der Waals surface area contributed by atoms with Gasteiger partial charge in [-0.25, -0.2) is 5.48 Å². The third kappa shape index (κ3) is 7.99. The van der Waals surface area contributed by atoms with Crippen molar-refractivity contribution in [1.82, 2.24) is 10.8 Å². The first-order valence-corrected chi connectivity index (χ1v) is 4.99. The molecule has 0 aromatic rings. The molecule has 0 aromatic heterocycles. The maximum absolute atomic E-state index is 11.3. The summed E-state index contributed by atoms with van der Waals surface area (Å²) in [5, 5.41) is 10.5. The Hall–Kier alpha value is -1.87. The summed E-state index contributed by atoms with van der Waals surface area (Å²) in [5.41, 5.74) is 17.2. The van der Waals surface area contributed by atoms with Crippen LogP contribution in [-0.4, -0.2) is 42.1 Å². The van der Waals surface area contributed by atoms with Crippen molar-refractivity contribution in [3.8, 4) is 0 Å². The minimum Gasteiger partial charge on any atom is -0.370 e. The van der Waals surface area contributed by atoms with E-state index in [1.807, 2.05) is 0 Å². The highest BCUT2D eigenvalue weighted by Gasteiger charge is 2.13. The molecule has 1 atom stereocenters. The number of amides is 2. The van der Waals surface area contributed by atoms with E-state index in [0.29, 0.717) is 19.4 Å². The van der Waals surface area contributed by atoms with Gasteiger partial charge in [-0.15, -0.1) is 0 Å². The predicted octanol–water partition coefficient (Wildman–Crippen LogP) is -3.01. The number of carbonyl (C=O) groups excluding carboxylic acids is 2. The third-order valence-electron chi connectivity index (χ3n) is 1.85. The summed E-state index contributed by atoms with van der Waals surface area (Å²) in [4.78, 5) is 25.7. The standard InChI is InChI=1S/C8H18N6O3/c9-5(2-1-3-12-8(10)11)7(16)13-4-6(15)14-17/h5,17H,1-4,9H2,(H,13,16)(H,14,15)(H4,10,11,12)/t5-/m0/s1. The zero-order valence-electron chi connectivity index (χ0n) is 9.35. The Bertz CT molecular complexity index is 289. The van der Waals surface area contributed by atoms with Crippen molar-refractivity contribution < 1.29 is 14.8 Å². The number of rotatable bonds is 7. The van der Waals surface area contributed by atoms with E-state index < -0.39 is 17.9 Å². The summed E-state index contributed by atoms with van der Waals surface area (Å²) in [6.07, 6.45) is 0.946. The Kier molecular flexibility index (Phi) is 7.39. The van der Waals surface area contributed by atoms with E-state index in [9.17, 15) is 9.59 Å². The highest BCUT2D eigenvalue weighted by atomic mass is 16.5. The third-order valence-corrected chi connectivity index (χ3v) is 1.85. The van der Waals surface area contributed by atoms with E-state index in [1.165, 1.54) is 5.48 Å². The fraction of sp³-hybridized carbons (Fsp3) is 0.625. The van der Waals surface area contributed by atoms with E-state index in [0.717, 1.165) is 0 Å². The molecule has 0 saturated carbocycles. The maximum Gasteiger partial charge on any atom is 0.262 e. The molecule has 0 unspecified atom stereocenters. The summed E-state index contributed by atoms with van der Waals surface area (Å²) in [5.74, 6) is -1.20. The van der Waals surface area contributed by atoms with Crippen molar-refractivity contribution in [3.63, 3.8) is 0 Å². The molecule has 0 fully saturated rings. The Balaban J connectivity index is 3.74. The van der Waals surface area contributed by atoms with Crippen LogP contribution in [-0.2, 0) is 9.59 Å². The van der Waals surface area contributed by atoms with Gasteiger partial charge in [0.1, 0.15) is 0 Å². The van der Waals surface area contributed by atoms with Crippen LogP contribution in [0.25, 0.3) is 0 Å². The number of nitrogens with one attached hydrogen (secondary N) is 2. The summed E-state index contributed by atoms with van der Waals surface area (Å²) < 4.78 is 0. The zero-order chi connectivity index (χ0) is 13.3. The van der Waals surface area contributed by atoms with Crippen LogP contribution in [0.2, 0.25) is 0 Å². The molecular weight excluding hydrogens is 228 g/mol. The molecule has 0 spiro atoms. The van der Waals surface area contributed by atoms with Gasteiger partial charge in [0.2, 0.25) is 5.91 Å². The molecular formula is C8H18N6O3. The second-order valence-electron chi connectivity index (χ2n) is 3.31. The summed E-state index contributed by atoms with van der Waals surface area (Å²) in [7, 11) is 0. The minimum atomic E-state index is -0.740. The van der Waals surface area contributed by atoms with Gasteiger partial charge in [-0.3, -0.25) is 19.8 Å². The molecule has 0 radical (unpaired) electrons. The molecule has 9 N–H and O–H groups in total. The lowest BCUT2D eigenvalue weighted by molar-refractivity contribution is -0.131. The largest absolute Gasteiger partial charge is 0.370 e. The van der Waals surface area contributed by atoms with Crippen LogP contribution in [0.15, 0.2) is 4.99 Å². The Morgan fingerprint density at radius 3 is 2.53 bits per heavy atom. The number of carbonyl (C=O) groups is 2. The lowest BCUT2D eigenvalue weighted by atomic mass is 10.1. The number of hydrogen-bond donors (Lipinski definition) is 6. The first-order valence-electron chi connectivity index (χ1n) is 4.99. The number of guanidine groups is 1. The summed E-state index contributed by atoms with van der Waals surface area (Å²) in [6.45, 7) is 0.0668. The van der Waals surface area contributed by atoms with Gasteiger partial charge in [-0.2, -0.15) is 0 Å². The second-order valence-corrected chi connectivity index (χ2v) is 3.31. The molecule has 0 aliphatic carbocycles. The van der Waals surface area contributed by atoms with Gasteiger partial charge >= 0.3 is 0 Å². The van der Waals surface area contributed by atoms with Gasteiger partial charge < -0.3 is 22.5 Å². The van der Waals surface area contributed by atoms with Gasteiger partial charge in [0, 0.05) is 6.54 Å². The number of nitrogens with zero attached hydrogens (tertiary/aromatic N) is 1. The van der Waals surface area contributed by atoms with Crippen molar-refractivity contribution in [2.24, 2.45) is 22.2 Å². The number of hydrogen-bond acceptors (Lipinski definition) is 5.